The lowest BCUT2D eigenvalue weighted by Crippen LogP contribution is -1.99. The number of methoxy groups -OCH3 is 1. The van der Waals surface area contributed by atoms with Crippen molar-refractivity contribution in [1.82, 2.24) is 0 Å². The van der Waals surface area contributed by atoms with Gasteiger partial charge in [-0.25, -0.2) is 0 Å². The third-order valence-corrected chi connectivity index (χ3v) is 3.06. The molecule has 2 aromatic carbocycles. The number of nitrogens with one attached hydrogen (secondary N) is 1. The first-order chi connectivity index (χ1) is 8.61. The Balaban J connectivity index is 2.34. The second kappa shape index (κ2) is 5.19. The predicted molar refractivity (Wildman–Crippen MR) is 76.9 cm³/mol. The van der Waals surface area contributed by atoms with Crippen LogP contribution in [0.3, 0.4) is 0 Å². The molecule has 0 spiro atoms. The molecule has 2 rings (SSSR count). The molecule has 0 aliphatic heterocycles. The molecule has 0 aliphatic carbocycles. The number of ether oxygens (including phenoxy) is 1. The quantitative estimate of drug-likeness (QED) is 0.823. The number of rotatable bonds is 3. The van der Waals surface area contributed by atoms with Crippen LogP contribution in [0.25, 0.3) is 0 Å². The number of para-hydroxylation sites is 1. The van der Waals surface area contributed by atoms with Gasteiger partial charge in [-0.3, -0.25) is 0 Å². The van der Waals surface area contributed by atoms with E-state index in [4.69, 9.17) is 22.1 Å². The minimum atomic E-state index is 0.619. The molecule has 94 valence electrons. The van der Waals surface area contributed by atoms with Crippen LogP contribution in [-0.2, 0) is 0 Å². The van der Waals surface area contributed by atoms with Crippen LogP contribution in [0.2, 0.25) is 5.02 Å². The van der Waals surface area contributed by atoms with E-state index in [0.717, 1.165) is 22.7 Å². The molecule has 4 heteroatoms. The average Bonchev–Trinajstić information content (AvgIpc) is 2.35. The van der Waals surface area contributed by atoms with Gasteiger partial charge in [-0.05, 0) is 30.7 Å². The highest BCUT2D eigenvalue weighted by molar-refractivity contribution is 6.33. The lowest BCUT2D eigenvalue weighted by atomic mass is 10.2. The average molecular weight is 263 g/mol. The highest BCUT2D eigenvalue weighted by Crippen LogP contribution is 2.32. The summed E-state index contributed by atoms with van der Waals surface area (Å²) >= 11 is 6.16. The Morgan fingerprint density at radius 2 is 2.00 bits per heavy atom. The molecule has 0 bridgehead atoms. The summed E-state index contributed by atoms with van der Waals surface area (Å²) in [4.78, 5) is 0. The Hall–Kier alpha value is -1.87. The van der Waals surface area contributed by atoms with Crippen molar-refractivity contribution in [2.45, 2.75) is 6.92 Å². The molecule has 0 fully saturated rings. The molecule has 0 saturated heterocycles. The van der Waals surface area contributed by atoms with E-state index >= 15 is 0 Å². The molecule has 3 N–H and O–H groups in total. The van der Waals surface area contributed by atoms with E-state index in [1.165, 1.54) is 0 Å². The van der Waals surface area contributed by atoms with Crippen molar-refractivity contribution >= 4 is 28.7 Å². The number of hydrogen-bond donors (Lipinski definition) is 2. The fourth-order valence-corrected chi connectivity index (χ4v) is 1.98. The predicted octanol–water partition coefficient (Wildman–Crippen LogP) is 3.98. The Morgan fingerprint density at radius 3 is 2.61 bits per heavy atom. The van der Waals surface area contributed by atoms with Gasteiger partial charge in [0.15, 0.2) is 0 Å². The van der Waals surface area contributed by atoms with E-state index in [-0.39, 0.29) is 0 Å². The number of aryl methyl sites for hydroxylation is 1. The maximum absolute atomic E-state index is 6.16. The standard InChI is InChI=1S/C14H15ClN2O/c1-9-4-3-5-11(15)14(9)17-13-7-6-10(18-2)8-12(13)16/h3-8,17H,16H2,1-2H3. The number of hydrogen-bond acceptors (Lipinski definition) is 3. The third-order valence-electron chi connectivity index (χ3n) is 2.74. The number of benzene rings is 2. The van der Waals surface area contributed by atoms with Crippen molar-refractivity contribution in [1.29, 1.82) is 0 Å². The van der Waals surface area contributed by atoms with Crippen molar-refractivity contribution in [3.05, 3.63) is 47.0 Å². The van der Waals surface area contributed by atoms with E-state index in [2.05, 4.69) is 5.32 Å². The smallest absolute Gasteiger partial charge is 0.121 e. The van der Waals surface area contributed by atoms with Gasteiger partial charge in [-0.1, -0.05) is 23.7 Å². The van der Waals surface area contributed by atoms with Gasteiger partial charge in [0.25, 0.3) is 0 Å². The summed E-state index contributed by atoms with van der Waals surface area (Å²) in [5.41, 5.74) is 9.33. The van der Waals surface area contributed by atoms with Gasteiger partial charge in [0.2, 0.25) is 0 Å². The summed E-state index contributed by atoms with van der Waals surface area (Å²) in [5, 5.41) is 3.92. The topological polar surface area (TPSA) is 47.3 Å². The highest BCUT2D eigenvalue weighted by Gasteiger charge is 2.06. The van der Waals surface area contributed by atoms with Crippen molar-refractivity contribution in [2.24, 2.45) is 0 Å². The molecule has 0 atom stereocenters. The van der Waals surface area contributed by atoms with E-state index in [0.29, 0.717) is 10.7 Å². The first-order valence-electron chi connectivity index (χ1n) is 5.57. The zero-order valence-electron chi connectivity index (χ0n) is 10.3. The van der Waals surface area contributed by atoms with Gasteiger partial charge < -0.3 is 15.8 Å². The minimum Gasteiger partial charge on any atom is -0.497 e. The van der Waals surface area contributed by atoms with Crippen molar-refractivity contribution in [2.75, 3.05) is 18.2 Å². The summed E-state index contributed by atoms with van der Waals surface area (Å²) in [6.07, 6.45) is 0. The normalized spacial score (nSPS) is 10.2. The fraction of sp³-hybridized carbons (Fsp3) is 0.143. The van der Waals surface area contributed by atoms with Gasteiger partial charge in [0.1, 0.15) is 5.75 Å². The third kappa shape index (κ3) is 2.51. The van der Waals surface area contributed by atoms with E-state index in [1.807, 2.05) is 37.3 Å². The van der Waals surface area contributed by atoms with Crippen molar-refractivity contribution in [3.63, 3.8) is 0 Å². The summed E-state index contributed by atoms with van der Waals surface area (Å²) in [6.45, 7) is 1.99. The van der Waals surface area contributed by atoms with Crippen LogP contribution in [0.1, 0.15) is 5.56 Å². The van der Waals surface area contributed by atoms with Crippen molar-refractivity contribution < 1.29 is 4.74 Å². The van der Waals surface area contributed by atoms with E-state index in [9.17, 15) is 0 Å². The Labute approximate surface area is 112 Å². The first kappa shape index (κ1) is 12.6. The van der Waals surface area contributed by atoms with Gasteiger partial charge in [0, 0.05) is 6.07 Å². The zero-order valence-corrected chi connectivity index (χ0v) is 11.1. The number of halogens is 1. The lowest BCUT2D eigenvalue weighted by Gasteiger charge is -2.14. The highest BCUT2D eigenvalue weighted by atomic mass is 35.5. The molecular formula is C14H15ClN2O. The van der Waals surface area contributed by atoms with Crippen LogP contribution in [0, 0.1) is 6.92 Å². The van der Waals surface area contributed by atoms with Gasteiger partial charge >= 0.3 is 0 Å². The van der Waals surface area contributed by atoms with Crippen molar-refractivity contribution in [3.8, 4) is 5.75 Å². The van der Waals surface area contributed by atoms with E-state index in [1.54, 1.807) is 13.2 Å². The molecule has 18 heavy (non-hydrogen) atoms. The van der Waals surface area contributed by atoms with Gasteiger partial charge in [-0.2, -0.15) is 0 Å². The molecule has 0 radical (unpaired) electrons. The van der Waals surface area contributed by atoms with Crippen LogP contribution in [0.15, 0.2) is 36.4 Å². The molecule has 0 aromatic heterocycles. The molecule has 3 nitrogen and oxygen atoms in total. The zero-order chi connectivity index (χ0) is 13.1. The van der Waals surface area contributed by atoms with Crippen LogP contribution < -0.4 is 15.8 Å². The van der Waals surface area contributed by atoms with Crippen LogP contribution in [0.4, 0.5) is 17.1 Å². The second-order valence-corrected chi connectivity index (χ2v) is 4.42. The molecule has 0 aliphatic rings. The van der Waals surface area contributed by atoms with Crippen LogP contribution in [-0.4, -0.2) is 7.11 Å². The Kier molecular flexibility index (Phi) is 3.63. The number of nitrogens with two attached hydrogens (primary N) is 1. The summed E-state index contributed by atoms with van der Waals surface area (Å²) < 4.78 is 5.11. The summed E-state index contributed by atoms with van der Waals surface area (Å²) in [6, 6.07) is 11.3. The first-order valence-corrected chi connectivity index (χ1v) is 5.95. The van der Waals surface area contributed by atoms with Gasteiger partial charge in [-0.15, -0.1) is 0 Å². The lowest BCUT2D eigenvalue weighted by molar-refractivity contribution is 0.415. The SMILES string of the molecule is COc1ccc(Nc2c(C)cccc2Cl)c(N)c1. The second-order valence-electron chi connectivity index (χ2n) is 4.01. The van der Waals surface area contributed by atoms with Crippen LogP contribution >= 0.6 is 11.6 Å². The molecule has 2 aromatic rings. The molecule has 0 heterocycles. The minimum absolute atomic E-state index is 0.619. The monoisotopic (exact) mass is 262 g/mol. The summed E-state index contributed by atoms with van der Waals surface area (Å²) in [7, 11) is 1.61. The molecular weight excluding hydrogens is 248 g/mol. The largest absolute Gasteiger partial charge is 0.497 e. The molecule has 0 unspecified atom stereocenters. The number of anilines is 3. The van der Waals surface area contributed by atoms with Crippen LogP contribution in [0.5, 0.6) is 5.75 Å². The Bertz CT molecular complexity index is 549. The Morgan fingerprint density at radius 1 is 1.22 bits per heavy atom. The van der Waals surface area contributed by atoms with Gasteiger partial charge in [0.05, 0.1) is 29.2 Å². The molecule has 0 saturated carbocycles. The maximum Gasteiger partial charge on any atom is 0.121 e. The maximum atomic E-state index is 6.16. The fourth-order valence-electron chi connectivity index (χ4n) is 1.71. The summed E-state index contributed by atoms with van der Waals surface area (Å²) in [5.74, 6) is 0.730. The molecule has 0 amide bonds. The number of nitrogen functional groups attached to an aromatic ring is 1. The van der Waals surface area contributed by atoms with E-state index < -0.39 is 0 Å².